The Morgan fingerprint density at radius 3 is 1.58 bits per heavy atom. The van der Waals surface area contributed by atoms with Crippen molar-refractivity contribution in [2.75, 3.05) is 0 Å². The molecule has 0 N–H and O–H groups in total. The van der Waals surface area contributed by atoms with Gasteiger partial charge in [0, 0.05) is 0 Å². The van der Waals surface area contributed by atoms with E-state index in [0.717, 1.165) is 0 Å². The van der Waals surface area contributed by atoms with Crippen LogP contribution >= 0.6 is 0 Å². The molecule has 0 spiro atoms. The van der Waals surface area contributed by atoms with E-state index in [0.29, 0.717) is 17.8 Å². The van der Waals surface area contributed by atoms with Crippen LogP contribution in [0.15, 0.2) is 0 Å². The maximum atomic E-state index is 5.72. The Bertz CT molecular complexity index is 152. The van der Waals surface area contributed by atoms with E-state index in [1.165, 1.54) is 0 Å². The fraction of sp³-hybridized carbons (Fsp3) is 1.00. The van der Waals surface area contributed by atoms with Crippen molar-refractivity contribution < 1.29 is 0 Å². The van der Waals surface area contributed by atoms with Crippen molar-refractivity contribution in [1.29, 1.82) is 0 Å². The maximum absolute atomic E-state index is 5.72. The summed E-state index contributed by atoms with van der Waals surface area (Å²) in [7, 11) is 5.72. The van der Waals surface area contributed by atoms with E-state index in [4.69, 9.17) is 7.37 Å². The van der Waals surface area contributed by atoms with Crippen LogP contribution in [0.25, 0.3) is 0 Å². The van der Waals surface area contributed by atoms with E-state index >= 15 is 0 Å². The Kier molecular flexibility index (Phi) is 4.44. The van der Waals surface area contributed by atoms with Crippen molar-refractivity contribution in [1.82, 2.24) is 0 Å². The summed E-state index contributed by atoms with van der Waals surface area (Å²) in [5.74, 6) is 1.94. The average molecular weight is 163 g/mol. The van der Waals surface area contributed by atoms with Gasteiger partial charge >= 0.3 is 78.8 Å². The molecule has 0 aromatic rings. The summed E-state index contributed by atoms with van der Waals surface area (Å²) in [6, 6.07) is 0. The van der Waals surface area contributed by atoms with Crippen LogP contribution in [-0.4, -0.2) is 14.2 Å². The predicted octanol–water partition coefficient (Wildman–Crippen LogP) is 2.90. The van der Waals surface area contributed by atoms with E-state index in [1.54, 1.807) is 0 Å². The van der Waals surface area contributed by atoms with Gasteiger partial charge in [-0.15, -0.1) is 0 Å². The van der Waals surface area contributed by atoms with Gasteiger partial charge < -0.3 is 0 Å². The molecule has 12 heavy (non-hydrogen) atoms. The molecule has 0 aromatic heterocycles. The summed E-state index contributed by atoms with van der Waals surface area (Å²) in [6.07, 6.45) is 0. The Labute approximate surface area is 79.4 Å². The van der Waals surface area contributed by atoms with Crippen molar-refractivity contribution in [3.63, 3.8) is 0 Å². The topological polar surface area (TPSA) is 0 Å². The van der Waals surface area contributed by atoms with Crippen LogP contribution in [0.3, 0.4) is 0 Å². The second-order valence-corrected chi connectivity index (χ2v) is 4.72. The average Bonchev–Trinajstić information content (AvgIpc) is 2.01. The molecule has 0 rings (SSSR count). The third-order valence-electron chi connectivity index (χ3n) is 3.58. The summed E-state index contributed by atoms with van der Waals surface area (Å²) in [5, 5.41) is 0.175. The number of rotatable bonds is 4. The first-order valence-corrected chi connectivity index (χ1v) is 4.92. The molecular formula is C10H21B2. The second kappa shape index (κ2) is 4.39. The summed E-state index contributed by atoms with van der Waals surface area (Å²) >= 11 is 0. The van der Waals surface area contributed by atoms with E-state index in [2.05, 4.69) is 41.5 Å². The van der Waals surface area contributed by atoms with Crippen molar-refractivity contribution >= 4 is 14.2 Å². The monoisotopic (exact) mass is 163 g/mol. The molecule has 0 aliphatic heterocycles. The molecule has 0 fully saturated rings. The van der Waals surface area contributed by atoms with Crippen LogP contribution in [0.2, 0.25) is 5.31 Å². The van der Waals surface area contributed by atoms with Crippen LogP contribution < -0.4 is 0 Å². The normalized spacial score (nSPS) is 18.9. The van der Waals surface area contributed by atoms with Crippen molar-refractivity contribution in [2.45, 2.75) is 46.9 Å². The zero-order chi connectivity index (χ0) is 9.94. The minimum atomic E-state index is 0.175. The van der Waals surface area contributed by atoms with E-state index in [1.807, 2.05) is 6.80 Å². The Hall–Kier alpha value is 0.130. The molecule has 0 bridgehead atoms. The number of hydrogen-bond donors (Lipinski definition) is 0. The fourth-order valence-electron chi connectivity index (χ4n) is 1.59. The van der Waals surface area contributed by atoms with E-state index < -0.39 is 0 Å². The molecule has 2 heteroatoms. The zero-order valence-electron chi connectivity index (χ0n) is 9.39. The first kappa shape index (κ1) is 12.1. The quantitative estimate of drug-likeness (QED) is 0.558. The molecule has 0 saturated carbocycles. The Morgan fingerprint density at radius 2 is 1.50 bits per heavy atom. The van der Waals surface area contributed by atoms with Crippen LogP contribution in [0.1, 0.15) is 41.5 Å². The van der Waals surface area contributed by atoms with Gasteiger partial charge in [-0.05, 0) is 0 Å². The fourth-order valence-corrected chi connectivity index (χ4v) is 1.59. The summed E-state index contributed by atoms with van der Waals surface area (Å²) < 4.78 is 0. The first-order valence-electron chi connectivity index (χ1n) is 4.92. The van der Waals surface area contributed by atoms with Gasteiger partial charge in [-0.25, -0.2) is 0 Å². The van der Waals surface area contributed by atoms with Gasteiger partial charge in [0.15, 0.2) is 0 Å². The van der Waals surface area contributed by atoms with Gasteiger partial charge in [0.1, 0.15) is 0 Å². The summed E-state index contributed by atoms with van der Waals surface area (Å²) in [6.45, 7) is 15.4. The van der Waals surface area contributed by atoms with Crippen LogP contribution in [0.4, 0.5) is 0 Å². The van der Waals surface area contributed by atoms with E-state index in [-0.39, 0.29) is 5.31 Å². The molecule has 0 aliphatic carbocycles. The second-order valence-electron chi connectivity index (χ2n) is 4.72. The summed E-state index contributed by atoms with van der Waals surface area (Å²) in [5.41, 5.74) is 0. The molecule has 2 unspecified atom stereocenters. The Morgan fingerprint density at radius 1 is 1.08 bits per heavy atom. The minimum absolute atomic E-state index is 0.175. The molecule has 0 heterocycles. The molecule has 0 saturated heterocycles. The van der Waals surface area contributed by atoms with Crippen molar-refractivity contribution in [2.24, 2.45) is 17.8 Å². The molecule has 0 aliphatic rings. The predicted molar refractivity (Wildman–Crippen MR) is 58.7 cm³/mol. The van der Waals surface area contributed by atoms with Gasteiger partial charge in [0.25, 0.3) is 0 Å². The molecule has 2 atom stereocenters. The van der Waals surface area contributed by atoms with E-state index in [9.17, 15) is 0 Å². The van der Waals surface area contributed by atoms with Crippen molar-refractivity contribution in [3.05, 3.63) is 0 Å². The third kappa shape index (κ3) is 2.31. The molecule has 0 amide bonds. The molecular weight excluding hydrogens is 142 g/mol. The van der Waals surface area contributed by atoms with Gasteiger partial charge in [0.2, 0.25) is 0 Å². The molecule has 0 aromatic carbocycles. The number of hydrogen-bond acceptors (Lipinski definition) is 0. The van der Waals surface area contributed by atoms with Gasteiger partial charge in [0.05, 0.1) is 0 Å². The van der Waals surface area contributed by atoms with Crippen LogP contribution in [-0.2, 0) is 0 Å². The van der Waals surface area contributed by atoms with Crippen LogP contribution in [0.5, 0.6) is 0 Å². The van der Waals surface area contributed by atoms with Gasteiger partial charge in [-0.1, -0.05) is 0 Å². The van der Waals surface area contributed by atoms with Crippen LogP contribution in [0, 0.1) is 17.8 Å². The molecule has 0 nitrogen and oxygen atoms in total. The van der Waals surface area contributed by atoms with Gasteiger partial charge in [-0.2, -0.15) is 0 Å². The first-order chi connectivity index (χ1) is 5.36. The van der Waals surface area contributed by atoms with Crippen molar-refractivity contribution in [3.8, 4) is 0 Å². The zero-order valence-corrected chi connectivity index (χ0v) is 9.39. The molecule has 1 radical (unpaired) electrons. The third-order valence-corrected chi connectivity index (χ3v) is 3.58. The Balaban J connectivity index is 4.62. The van der Waals surface area contributed by atoms with Gasteiger partial charge in [-0.3, -0.25) is 0 Å². The molecule has 67 valence electrons. The summed E-state index contributed by atoms with van der Waals surface area (Å²) in [4.78, 5) is 0. The SMILES string of the molecule is [B]=BC(C)(C(C)C)C(C)C(C)C. The standard InChI is InChI=1S/C10H21B2/c1-7(2)9(5)10(6,12-11)8(3)4/h7-9H,1-6H3.